The van der Waals surface area contributed by atoms with Gasteiger partial charge in [0.15, 0.2) is 0 Å². The van der Waals surface area contributed by atoms with Gasteiger partial charge in [-0.05, 0) is 38.6 Å². The standard InChI is InChI=1S/C6H2ClF2IN2O2/c7-2-1-3(10)6(12(13)14)11-4(2)5(8)9/h1,5H. The quantitative estimate of drug-likeness (QED) is 0.474. The smallest absolute Gasteiger partial charge is 0.358 e. The van der Waals surface area contributed by atoms with Crippen LogP contribution in [-0.2, 0) is 0 Å². The first-order valence-corrected chi connectivity index (χ1v) is 4.67. The van der Waals surface area contributed by atoms with Crippen molar-refractivity contribution in [2.75, 3.05) is 0 Å². The van der Waals surface area contributed by atoms with E-state index < -0.39 is 22.9 Å². The van der Waals surface area contributed by atoms with E-state index >= 15 is 0 Å². The number of nitro groups is 1. The highest BCUT2D eigenvalue weighted by molar-refractivity contribution is 14.1. The molecule has 0 aliphatic rings. The molecule has 0 N–H and O–H groups in total. The SMILES string of the molecule is O=[N+]([O-])c1nc(C(F)F)c(Cl)cc1I. The number of nitrogens with zero attached hydrogens (tertiary/aromatic N) is 2. The van der Waals surface area contributed by atoms with Crippen molar-refractivity contribution < 1.29 is 13.7 Å². The Morgan fingerprint density at radius 3 is 2.64 bits per heavy atom. The van der Waals surface area contributed by atoms with Crippen molar-refractivity contribution in [3.8, 4) is 0 Å². The van der Waals surface area contributed by atoms with Crippen LogP contribution in [0, 0.1) is 13.7 Å². The van der Waals surface area contributed by atoms with Gasteiger partial charge < -0.3 is 10.1 Å². The number of pyridine rings is 1. The van der Waals surface area contributed by atoms with Gasteiger partial charge in [-0.25, -0.2) is 8.78 Å². The van der Waals surface area contributed by atoms with E-state index in [1.807, 2.05) is 0 Å². The predicted molar refractivity (Wildman–Crippen MR) is 53.6 cm³/mol. The zero-order valence-electron chi connectivity index (χ0n) is 6.38. The van der Waals surface area contributed by atoms with Crippen molar-refractivity contribution in [1.82, 2.24) is 4.98 Å². The lowest BCUT2D eigenvalue weighted by atomic mass is 10.3. The number of alkyl halides is 2. The molecule has 0 atom stereocenters. The molecule has 14 heavy (non-hydrogen) atoms. The molecule has 0 aliphatic carbocycles. The molecule has 0 unspecified atom stereocenters. The highest BCUT2D eigenvalue weighted by atomic mass is 127. The van der Waals surface area contributed by atoms with Crippen LogP contribution in [0.4, 0.5) is 14.6 Å². The minimum atomic E-state index is -2.92. The number of rotatable bonds is 2. The van der Waals surface area contributed by atoms with Crippen LogP contribution in [-0.4, -0.2) is 9.91 Å². The van der Waals surface area contributed by atoms with Crippen molar-refractivity contribution in [2.24, 2.45) is 0 Å². The van der Waals surface area contributed by atoms with E-state index in [0.29, 0.717) is 0 Å². The molecular weight excluding hydrogens is 332 g/mol. The molecular formula is C6H2ClF2IN2O2. The zero-order valence-corrected chi connectivity index (χ0v) is 9.29. The molecule has 0 aromatic carbocycles. The molecule has 0 fully saturated rings. The van der Waals surface area contributed by atoms with Crippen LogP contribution < -0.4 is 0 Å². The maximum atomic E-state index is 12.2. The molecule has 76 valence electrons. The van der Waals surface area contributed by atoms with Crippen molar-refractivity contribution in [1.29, 1.82) is 0 Å². The van der Waals surface area contributed by atoms with Gasteiger partial charge in [0, 0.05) is 0 Å². The third kappa shape index (κ3) is 2.27. The van der Waals surface area contributed by atoms with Crippen LogP contribution in [0.25, 0.3) is 0 Å². The fourth-order valence-electron chi connectivity index (χ4n) is 0.752. The number of aromatic nitrogens is 1. The summed E-state index contributed by atoms with van der Waals surface area (Å²) >= 11 is 7.04. The second kappa shape index (κ2) is 4.30. The first kappa shape index (κ1) is 11.5. The van der Waals surface area contributed by atoms with E-state index in [1.54, 1.807) is 22.6 Å². The van der Waals surface area contributed by atoms with Gasteiger partial charge in [0.05, 0.1) is 5.02 Å². The van der Waals surface area contributed by atoms with Gasteiger partial charge in [-0.1, -0.05) is 11.6 Å². The summed E-state index contributed by atoms with van der Waals surface area (Å²) in [7, 11) is 0. The maximum absolute atomic E-state index is 12.2. The average Bonchev–Trinajstić information content (AvgIpc) is 2.02. The lowest BCUT2D eigenvalue weighted by Gasteiger charge is -2.00. The number of halogens is 4. The summed E-state index contributed by atoms with van der Waals surface area (Å²) in [4.78, 5) is 12.7. The number of hydrogen-bond donors (Lipinski definition) is 0. The Morgan fingerprint density at radius 1 is 1.64 bits per heavy atom. The molecule has 0 spiro atoms. The molecule has 0 saturated carbocycles. The molecule has 0 amide bonds. The van der Waals surface area contributed by atoms with E-state index in [2.05, 4.69) is 4.98 Å². The van der Waals surface area contributed by atoms with Crippen LogP contribution in [0.2, 0.25) is 5.02 Å². The van der Waals surface area contributed by atoms with Gasteiger partial charge in [-0.15, -0.1) is 0 Å². The summed E-state index contributed by atoms with van der Waals surface area (Å²) in [5.41, 5.74) is -0.765. The Hall–Kier alpha value is -0.570. The van der Waals surface area contributed by atoms with Crippen molar-refractivity contribution in [2.45, 2.75) is 6.43 Å². The molecule has 1 aromatic heterocycles. The van der Waals surface area contributed by atoms with E-state index in [-0.39, 0.29) is 8.59 Å². The molecule has 4 nitrogen and oxygen atoms in total. The normalized spacial score (nSPS) is 10.6. The third-order valence-electron chi connectivity index (χ3n) is 1.32. The highest BCUT2D eigenvalue weighted by Crippen LogP contribution is 2.30. The summed E-state index contributed by atoms with van der Waals surface area (Å²) in [6.07, 6.45) is -2.92. The fourth-order valence-corrected chi connectivity index (χ4v) is 1.80. The largest absolute Gasteiger partial charge is 0.377 e. The zero-order chi connectivity index (χ0) is 10.9. The van der Waals surface area contributed by atoms with Crippen molar-refractivity contribution >= 4 is 40.0 Å². The number of hydrogen-bond acceptors (Lipinski definition) is 3. The lowest BCUT2D eigenvalue weighted by Crippen LogP contribution is -2.00. The predicted octanol–water partition coefficient (Wildman–Crippen LogP) is 3.19. The molecule has 1 heterocycles. The third-order valence-corrected chi connectivity index (χ3v) is 2.41. The van der Waals surface area contributed by atoms with E-state index in [4.69, 9.17) is 11.6 Å². The topological polar surface area (TPSA) is 56.0 Å². The fraction of sp³-hybridized carbons (Fsp3) is 0.167. The van der Waals surface area contributed by atoms with E-state index in [9.17, 15) is 18.9 Å². The first-order chi connectivity index (χ1) is 6.43. The first-order valence-electron chi connectivity index (χ1n) is 3.22. The molecule has 1 aromatic rings. The molecule has 0 aliphatic heterocycles. The minimum absolute atomic E-state index is 0.127. The van der Waals surface area contributed by atoms with Crippen LogP contribution >= 0.6 is 34.2 Å². The molecule has 1 rings (SSSR count). The van der Waals surface area contributed by atoms with Crippen molar-refractivity contribution in [3.63, 3.8) is 0 Å². The second-order valence-corrected chi connectivity index (χ2v) is 3.79. The molecule has 0 bridgehead atoms. The molecule has 8 heteroatoms. The van der Waals surface area contributed by atoms with E-state index in [1.165, 1.54) is 0 Å². The van der Waals surface area contributed by atoms with Gasteiger partial charge in [0.25, 0.3) is 0 Å². The summed E-state index contributed by atoms with van der Waals surface area (Å²) in [5.74, 6) is -0.606. The van der Waals surface area contributed by atoms with Gasteiger partial charge in [0.2, 0.25) is 5.69 Å². The van der Waals surface area contributed by atoms with Crippen LogP contribution in [0.5, 0.6) is 0 Å². The van der Waals surface area contributed by atoms with Crippen LogP contribution in [0.15, 0.2) is 6.07 Å². The summed E-state index contributed by atoms with van der Waals surface area (Å²) in [6, 6.07) is 1.09. The summed E-state index contributed by atoms with van der Waals surface area (Å²) in [6.45, 7) is 0. The van der Waals surface area contributed by atoms with E-state index in [0.717, 1.165) is 6.07 Å². The maximum Gasteiger partial charge on any atom is 0.377 e. The lowest BCUT2D eigenvalue weighted by molar-refractivity contribution is -0.390. The van der Waals surface area contributed by atoms with Gasteiger partial charge in [-0.2, -0.15) is 0 Å². The van der Waals surface area contributed by atoms with Crippen LogP contribution in [0.3, 0.4) is 0 Å². The van der Waals surface area contributed by atoms with Gasteiger partial charge in [-0.3, -0.25) is 0 Å². The van der Waals surface area contributed by atoms with Gasteiger partial charge in [0.1, 0.15) is 3.57 Å². The Balaban J connectivity index is 3.34. The summed E-state index contributed by atoms with van der Waals surface area (Å²) < 4.78 is 24.6. The Labute approximate surface area is 95.6 Å². The summed E-state index contributed by atoms with van der Waals surface area (Å²) in [5, 5.41) is 10.1. The van der Waals surface area contributed by atoms with Gasteiger partial charge >= 0.3 is 12.2 Å². The monoisotopic (exact) mass is 334 g/mol. The van der Waals surface area contributed by atoms with Crippen molar-refractivity contribution in [3.05, 3.63) is 30.5 Å². The average molecular weight is 334 g/mol. The Bertz CT molecular complexity index is 388. The molecule has 0 saturated heterocycles. The highest BCUT2D eigenvalue weighted by Gasteiger charge is 2.25. The van der Waals surface area contributed by atoms with Crippen LogP contribution in [0.1, 0.15) is 12.1 Å². The molecule has 0 radical (unpaired) electrons. The second-order valence-electron chi connectivity index (χ2n) is 2.22. The Morgan fingerprint density at radius 2 is 2.21 bits per heavy atom. The minimum Gasteiger partial charge on any atom is -0.358 e. The Kier molecular flexibility index (Phi) is 3.53.